The number of nitrogens with one attached hydrogen (secondary N) is 2. The number of hydrogen-bond acceptors (Lipinski definition) is 20. The van der Waals surface area contributed by atoms with Crippen LogP contribution in [0.1, 0.15) is 246 Å². The highest BCUT2D eigenvalue weighted by atomic mass is 16.8. The summed E-state index contributed by atoms with van der Waals surface area (Å²) in [4.78, 5) is 26.2. The Kier molecular flexibility index (Phi) is 42.2. The number of aliphatic hydroxyl groups is 12. The zero-order chi connectivity index (χ0) is 63.2. The molecule has 0 aliphatic carbocycles. The van der Waals surface area contributed by atoms with Crippen LogP contribution in [0.5, 0.6) is 0 Å². The molecule has 3 rings (SSSR count). The van der Waals surface area contributed by atoms with E-state index in [0.29, 0.717) is 18.8 Å². The Hall–Kier alpha value is -1.78. The Balaban J connectivity index is 1.68. The molecule has 3 fully saturated rings. The number of carbonyl (C=O) groups excluding carboxylic acids is 2. The van der Waals surface area contributed by atoms with Gasteiger partial charge in [-0.2, -0.15) is 0 Å². The van der Waals surface area contributed by atoms with E-state index in [9.17, 15) is 70.9 Å². The summed E-state index contributed by atoms with van der Waals surface area (Å²) < 4.78 is 36.0. The zero-order valence-electron chi connectivity index (χ0n) is 53.0. The molecule has 0 spiro atoms. The summed E-state index contributed by atoms with van der Waals surface area (Å²) in [6.07, 6.45) is 8.00. The molecule has 22 nitrogen and oxygen atoms in total. The molecule has 14 N–H and O–H groups in total. The standard InChI is InChI=1S/C64H122N2O20/c1-5-6-7-8-9-10-11-12-13-14-15-16-17-18-19-20-21-22-25-29-32-35-38-47(72)61(80)66-45(52(73)46(71)37-34-31-28-26-23-24-27-30-33-36-43(2)3)42-81-64-60(86-63-58(79)57(78)54(75)49(40-68)83-63)59(55(76)50(41-69)84-64)85-62-51(65-44(4)70)56(77)53(74)48(39-67)82-62/h43,45-60,62-64,67-69,71-79H,5-42H2,1-4H3,(H,65,70)(H,66,80)/t45-,46+,47+,48+,49+,50+,51+,52-,53-,54+,55-,56+,57-,58+,59-,60+,62+,63+,64-/m0/s1. The molecular formula is C64H122N2O20. The van der Waals surface area contributed by atoms with Crippen LogP contribution in [0.25, 0.3) is 0 Å². The average molecular weight is 1240 g/mol. The van der Waals surface area contributed by atoms with Crippen LogP contribution >= 0.6 is 0 Å². The molecule has 3 aliphatic rings. The van der Waals surface area contributed by atoms with Gasteiger partial charge in [-0.05, 0) is 18.8 Å². The highest BCUT2D eigenvalue weighted by molar-refractivity contribution is 5.80. The summed E-state index contributed by atoms with van der Waals surface area (Å²) >= 11 is 0. The average Bonchev–Trinajstić information content (AvgIpc) is 2.72. The summed E-state index contributed by atoms with van der Waals surface area (Å²) in [5.74, 6) is -0.855. The van der Waals surface area contributed by atoms with E-state index in [4.69, 9.17) is 28.4 Å². The van der Waals surface area contributed by atoms with Crippen molar-refractivity contribution in [2.24, 2.45) is 5.92 Å². The van der Waals surface area contributed by atoms with Crippen molar-refractivity contribution in [3.05, 3.63) is 0 Å². The van der Waals surface area contributed by atoms with Gasteiger partial charge in [-0.3, -0.25) is 9.59 Å². The quantitative estimate of drug-likeness (QED) is 0.0352. The first-order chi connectivity index (χ1) is 41.4. The fraction of sp³-hybridized carbons (Fsp3) is 0.969. The van der Waals surface area contributed by atoms with E-state index < -0.39 is 155 Å². The minimum Gasteiger partial charge on any atom is -0.394 e. The third kappa shape index (κ3) is 29.7. The van der Waals surface area contributed by atoms with Gasteiger partial charge in [0.25, 0.3) is 0 Å². The monoisotopic (exact) mass is 1240 g/mol. The van der Waals surface area contributed by atoms with Crippen molar-refractivity contribution in [2.75, 3.05) is 26.4 Å². The maximum absolute atomic E-state index is 13.8. The van der Waals surface area contributed by atoms with E-state index in [1.165, 1.54) is 135 Å². The van der Waals surface area contributed by atoms with Crippen molar-refractivity contribution in [3.8, 4) is 0 Å². The lowest BCUT2D eigenvalue weighted by atomic mass is 9.95. The maximum atomic E-state index is 13.8. The zero-order valence-corrected chi connectivity index (χ0v) is 53.0. The first-order valence-electron chi connectivity index (χ1n) is 33.8. The number of hydrogen-bond donors (Lipinski definition) is 14. The van der Waals surface area contributed by atoms with Gasteiger partial charge in [0, 0.05) is 6.92 Å². The first-order valence-corrected chi connectivity index (χ1v) is 33.8. The molecule has 2 amide bonds. The molecular weight excluding hydrogens is 1120 g/mol. The van der Waals surface area contributed by atoms with Crippen LogP contribution in [0.3, 0.4) is 0 Å². The van der Waals surface area contributed by atoms with E-state index >= 15 is 0 Å². The number of unbranched alkanes of at least 4 members (excludes halogenated alkanes) is 29. The molecule has 0 aromatic heterocycles. The molecule has 0 unspecified atom stereocenters. The third-order valence-electron chi connectivity index (χ3n) is 17.5. The van der Waals surface area contributed by atoms with Crippen LogP contribution in [-0.4, -0.2) is 216 Å². The molecule has 0 aromatic carbocycles. The van der Waals surface area contributed by atoms with Crippen LogP contribution < -0.4 is 10.6 Å². The lowest BCUT2D eigenvalue weighted by Crippen LogP contribution is -2.69. The summed E-state index contributed by atoms with van der Waals surface area (Å²) in [7, 11) is 0. The Labute approximate surface area is 514 Å². The van der Waals surface area contributed by atoms with Crippen molar-refractivity contribution >= 4 is 11.8 Å². The third-order valence-corrected chi connectivity index (χ3v) is 17.5. The topological polar surface area (TPSA) is 356 Å². The van der Waals surface area contributed by atoms with Crippen LogP contribution in [0.4, 0.5) is 0 Å². The second kappa shape index (κ2) is 46.3. The molecule has 3 heterocycles. The minimum atomic E-state index is -2.03. The number of ether oxygens (including phenoxy) is 6. The van der Waals surface area contributed by atoms with Crippen LogP contribution in [0.15, 0.2) is 0 Å². The highest BCUT2D eigenvalue weighted by Crippen LogP contribution is 2.34. The van der Waals surface area contributed by atoms with E-state index in [1.807, 2.05) is 0 Å². The van der Waals surface area contributed by atoms with Gasteiger partial charge in [-0.25, -0.2) is 0 Å². The van der Waals surface area contributed by atoms with Gasteiger partial charge in [-0.1, -0.05) is 226 Å². The molecule has 0 radical (unpaired) electrons. The first kappa shape index (κ1) is 78.5. The minimum absolute atomic E-state index is 0.122. The molecule has 86 heavy (non-hydrogen) atoms. The van der Waals surface area contributed by atoms with Crippen molar-refractivity contribution in [3.63, 3.8) is 0 Å². The van der Waals surface area contributed by atoms with Gasteiger partial charge < -0.3 is 100 Å². The Morgan fingerprint density at radius 2 is 0.837 bits per heavy atom. The van der Waals surface area contributed by atoms with Crippen molar-refractivity contribution in [2.45, 2.75) is 362 Å². The van der Waals surface area contributed by atoms with Gasteiger partial charge in [-0.15, -0.1) is 0 Å². The highest BCUT2D eigenvalue weighted by Gasteiger charge is 2.55. The fourth-order valence-corrected chi connectivity index (χ4v) is 11.9. The predicted octanol–water partition coefficient (Wildman–Crippen LogP) is 5.10. The summed E-state index contributed by atoms with van der Waals surface area (Å²) in [6, 6.07) is -3.01. The molecule has 0 saturated carbocycles. The van der Waals surface area contributed by atoms with Gasteiger partial charge >= 0.3 is 0 Å². The number of rotatable bonds is 50. The Morgan fingerprint density at radius 1 is 0.453 bits per heavy atom. The van der Waals surface area contributed by atoms with Crippen molar-refractivity contribution in [1.29, 1.82) is 0 Å². The second-order valence-corrected chi connectivity index (χ2v) is 25.4. The summed E-state index contributed by atoms with van der Waals surface area (Å²) in [5.41, 5.74) is 0. The number of carbonyl (C=O) groups is 2. The largest absolute Gasteiger partial charge is 0.394 e. The predicted molar refractivity (Wildman–Crippen MR) is 324 cm³/mol. The van der Waals surface area contributed by atoms with Crippen LogP contribution in [0, 0.1) is 5.92 Å². The second-order valence-electron chi connectivity index (χ2n) is 25.4. The summed E-state index contributed by atoms with van der Waals surface area (Å²) in [5, 5.41) is 136. The maximum Gasteiger partial charge on any atom is 0.249 e. The van der Waals surface area contributed by atoms with Crippen molar-refractivity contribution in [1.82, 2.24) is 10.6 Å². The SMILES string of the molecule is CCCCCCCCCCCCCCCCCCCCCCCC[C@@H](O)C(=O)N[C@@H](CO[C@H]1O[C@H](CO)[C@H](O)[C@H](O[C@H]2O[C@H](CO)[C@H](O)[C@H](O)[C@H]2NC(C)=O)[C@H]1O[C@H]1O[C@H](CO)[C@@H](O)[C@H](O)[C@H]1O)[C@H](O)[C@H](O)CCCCCCCCCCCC(C)C. The van der Waals surface area contributed by atoms with Gasteiger partial charge in [0.15, 0.2) is 18.9 Å². The van der Waals surface area contributed by atoms with Crippen molar-refractivity contribution < 1.29 is 99.3 Å². The summed E-state index contributed by atoms with van der Waals surface area (Å²) in [6.45, 7) is 4.54. The Bertz CT molecular complexity index is 1690. The van der Waals surface area contributed by atoms with Gasteiger partial charge in [0.05, 0.1) is 38.6 Å². The molecule has 3 aliphatic heterocycles. The Morgan fingerprint density at radius 3 is 1.28 bits per heavy atom. The molecule has 0 aromatic rings. The number of amides is 2. The van der Waals surface area contributed by atoms with Gasteiger partial charge in [0.2, 0.25) is 11.8 Å². The molecule has 0 bridgehead atoms. The molecule has 3 saturated heterocycles. The molecule has 22 heteroatoms. The van der Waals surface area contributed by atoms with E-state index in [1.54, 1.807) is 0 Å². The van der Waals surface area contributed by atoms with Gasteiger partial charge in [0.1, 0.15) is 85.4 Å². The fourth-order valence-electron chi connectivity index (χ4n) is 11.9. The normalized spacial score (nSPS) is 29.4. The lowest BCUT2D eigenvalue weighted by molar-refractivity contribution is -0.387. The number of aliphatic hydroxyl groups excluding tert-OH is 12. The van der Waals surface area contributed by atoms with Crippen LogP contribution in [-0.2, 0) is 38.0 Å². The smallest absolute Gasteiger partial charge is 0.249 e. The van der Waals surface area contributed by atoms with E-state index in [-0.39, 0.29) is 12.8 Å². The molecule has 19 atom stereocenters. The van der Waals surface area contributed by atoms with E-state index in [2.05, 4.69) is 31.4 Å². The van der Waals surface area contributed by atoms with E-state index in [0.717, 1.165) is 64.7 Å². The molecule has 508 valence electrons. The lowest BCUT2D eigenvalue weighted by Gasteiger charge is -2.49. The van der Waals surface area contributed by atoms with Crippen LogP contribution in [0.2, 0.25) is 0 Å².